The van der Waals surface area contributed by atoms with E-state index in [4.69, 9.17) is 0 Å². The van der Waals surface area contributed by atoms with Crippen LogP contribution in [0.5, 0.6) is 0 Å². The Morgan fingerprint density at radius 1 is 1.26 bits per heavy atom. The lowest BCUT2D eigenvalue weighted by Gasteiger charge is -2.09. The fourth-order valence-electron chi connectivity index (χ4n) is 2.24. The molecule has 1 heterocycles. The Kier molecular flexibility index (Phi) is 3.84. The van der Waals surface area contributed by atoms with Crippen molar-refractivity contribution in [3.8, 4) is 11.3 Å². The molecule has 2 aromatic rings. The van der Waals surface area contributed by atoms with E-state index in [0.717, 1.165) is 17.7 Å². The van der Waals surface area contributed by atoms with Crippen LogP contribution in [-0.4, -0.2) is 9.97 Å². The number of nitrogens with one attached hydrogen (secondary N) is 1. The molecule has 3 heteroatoms. The summed E-state index contributed by atoms with van der Waals surface area (Å²) in [6.45, 7) is 8.03. The molecule has 0 aliphatic carbocycles. The molecule has 0 amide bonds. The first-order chi connectivity index (χ1) is 8.97. The van der Waals surface area contributed by atoms with Crippen LogP contribution in [0.25, 0.3) is 11.3 Å². The van der Waals surface area contributed by atoms with Crippen molar-refractivity contribution in [1.82, 2.24) is 9.97 Å². The standard InChI is InChI=1S/C16H20N2O/c1-10(2)8-13-6-5-7-14(9-13)15-11(3)16(19)18-12(4)17-15/h5-7,9-10H,8H2,1-4H3,(H,17,18,19). The highest BCUT2D eigenvalue weighted by molar-refractivity contribution is 5.63. The Balaban J connectivity index is 2.50. The number of aryl methyl sites for hydroxylation is 1. The van der Waals surface area contributed by atoms with Crippen molar-refractivity contribution in [2.24, 2.45) is 5.92 Å². The number of hydrogen-bond donors (Lipinski definition) is 1. The maximum absolute atomic E-state index is 11.8. The van der Waals surface area contributed by atoms with E-state index in [1.165, 1.54) is 5.56 Å². The molecule has 0 spiro atoms. The molecule has 2 rings (SSSR count). The third kappa shape index (κ3) is 3.11. The molecule has 0 atom stereocenters. The Bertz CT molecular complexity index is 641. The van der Waals surface area contributed by atoms with Crippen molar-refractivity contribution in [2.75, 3.05) is 0 Å². The Morgan fingerprint density at radius 2 is 2.00 bits per heavy atom. The van der Waals surface area contributed by atoms with Crippen LogP contribution < -0.4 is 5.56 Å². The first kappa shape index (κ1) is 13.5. The van der Waals surface area contributed by atoms with Crippen LogP contribution >= 0.6 is 0 Å². The summed E-state index contributed by atoms with van der Waals surface area (Å²) in [4.78, 5) is 19.0. The number of aromatic amines is 1. The lowest BCUT2D eigenvalue weighted by molar-refractivity contribution is 0.647. The van der Waals surface area contributed by atoms with Gasteiger partial charge in [-0.25, -0.2) is 4.98 Å². The average Bonchev–Trinajstić information content (AvgIpc) is 2.33. The number of hydrogen-bond acceptors (Lipinski definition) is 2. The van der Waals surface area contributed by atoms with E-state index in [9.17, 15) is 4.79 Å². The molecule has 0 saturated carbocycles. The molecule has 0 aliphatic heterocycles. The molecular weight excluding hydrogens is 236 g/mol. The van der Waals surface area contributed by atoms with Crippen molar-refractivity contribution >= 4 is 0 Å². The Hall–Kier alpha value is -1.90. The van der Waals surface area contributed by atoms with Crippen LogP contribution in [0.2, 0.25) is 0 Å². The molecule has 1 aromatic carbocycles. The van der Waals surface area contributed by atoms with Gasteiger partial charge in [-0.1, -0.05) is 32.0 Å². The molecule has 19 heavy (non-hydrogen) atoms. The minimum Gasteiger partial charge on any atom is -0.311 e. The van der Waals surface area contributed by atoms with Crippen LogP contribution in [0, 0.1) is 19.8 Å². The second kappa shape index (κ2) is 5.39. The monoisotopic (exact) mass is 256 g/mol. The van der Waals surface area contributed by atoms with Gasteiger partial charge in [0.25, 0.3) is 5.56 Å². The summed E-state index contributed by atoms with van der Waals surface area (Å²) in [6, 6.07) is 8.30. The van der Waals surface area contributed by atoms with Crippen LogP contribution in [0.15, 0.2) is 29.1 Å². The van der Waals surface area contributed by atoms with Gasteiger partial charge in [0, 0.05) is 11.1 Å². The summed E-state index contributed by atoms with van der Waals surface area (Å²) >= 11 is 0. The van der Waals surface area contributed by atoms with Gasteiger partial charge in [0.05, 0.1) is 5.69 Å². The number of H-pyrrole nitrogens is 1. The normalized spacial score (nSPS) is 11.0. The van der Waals surface area contributed by atoms with Gasteiger partial charge in [-0.15, -0.1) is 0 Å². The Morgan fingerprint density at radius 3 is 2.68 bits per heavy atom. The van der Waals surface area contributed by atoms with E-state index in [1.807, 2.05) is 26.0 Å². The van der Waals surface area contributed by atoms with Gasteiger partial charge in [0.15, 0.2) is 0 Å². The number of nitrogens with zero attached hydrogens (tertiary/aromatic N) is 1. The number of benzene rings is 1. The lowest BCUT2D eigenvalue weighted by atomic mass is 9.99. The predicted octanol–water partition coefficient (Wildman–Crippen LogP) is 3.25. The summed E-state index contributed by atoms with van der Waals surface area (Å²) in [5.41, 5.74) is 3.70. The maximum atomic E-state index is 11.8. The highest BCUT2D eigenvalue weighted by atomic mass is 16.1. The van der Waals surface area contributed by atoms with Crippen LogP contribution in [0.1, 0.15) is 30.8 Å². The first-order valence-corrected chi connectivity index (χ1v) is 6.64. The summed E-state index contributed by atoms with van der Waals surface area (Å²) in [5.74, 6) is 1.27. The van der Waals surface area contributed by atoms with E-state index in [-0.39, 0.29) is 5.56 Å². The van der Waals surface area contributed by atoms with Gasteiger partial charge < -0.3 is 4.98 Å². The molecule has 0 aliphatic rings. The second-order valence-electron chi connectivity index (χ2n) is 5.42. The highest BCUT2D eigenvalue weighted by Crippen LogP contribution is 2.21. The van der Waals surface area contributed by atoms with E-state index >= 15 is 0 Å². The summed E-state index contributed by atoms with van der Waals surface area (Å²) in [6.07, 6.45) is 1.04. The molecule has 3 nitrogen and oxygen atoms in total. The molecule has 0 saturated heterocycles. The van der Waals surface area contributed by atoms with Gasteiger partial charge in [-0.2, -0.15) is 0 Å². The van der Waals surface area contributed by atoms with Gasteiger partial charge in [-0.05, 0) is 37.8 Å². The van der Waals surface area contributed by atoms with Crippen molar-refractivity contribution in [3.63, 3.8) is 0 Å². The second-order valence-corrected chi connectivity index (χ2v) is 5.42. The van der Waals surface area contributed by atoms with E-state index in [1.54, 1.807) is 0 Å². The molecular formula is C16H20N2O. The Labute approximate surface area is 113 Å². The minimum absolute atomic E-state index is 0.0586. The van der Waals surface area contributed by atoms with Crippen molar-refractivity contribution in [3.05, 3.63) is 51.6 Å². The third-order valence-corrected chi connectivity index (χ3v) is 3.11. The lowest BCUT2D eigenvalue weighted by Crippen LogP contribution is -2.14. The zero-order valence-corrected chi connectivity index (χ0v) is 11.9. The smallest absolute Gasteiger partial charge is 0.254 e. The van der Waals surface area contributed by atoms with E-state index in [2.05, 4.69) is 35.9 Å². The number of aromatic nitrogens is 2. The topological polar surface area (TPSA) is 45.8 Å². The summed E-state index contributed by atoms with van der Waals surface area (Å²) in [7, 11) is 0. The fraction of sp³-hybridized carbons (Fsp3) is 0.375. The average molecular weight is 256 g/mol. The molecule has 0 bridgehead atoms. The molecule has 0 fully saturated rings. The van der Waals surface area contributed by atoms with Gasteiger partial charge in [0.1, 0.15) is 5.82 Å². The molecule has 1 N–H and O–H groups in total. The maximum Gasteiger partial charge on any atom is 0.254 e. The van der Waals surface area contributed by atoms with Crippen molar-refractivity contribution in [2.45, 2.75) is 34.1 Å². The van der Waals surface area contributed by atoms with Gasteiger partial charge in [0.2, 0.25) is 0 Å². The summed E-state index contributed by atoms with van der Waals surface area (Å²) < 4.78 is 0. The number of rotatable bonds is 3. The fourth-order valence-corrected chi connectivity index (χ4v) is 2.24. The zero-order chi connectivity index (χ0) is 14.0. The van der Waals surface area contributed by atoms with Gasteiger partial charge in [-0.3, -0.25) is 4.79 Å². The third-order valence-electron chi connectivity index (χ3n) is 3.11. The first-order valence-electron chi connectivity index (χ1n) is 6.64. The van der Waals surface area contributed by atoms with Crippen molar-refractivity contribution in [1.29, 1.82) is 0 Å². The minimum atomic E-state index is -0.0586. The molecule has 1 aromatic heterocycles. The SMILES string of the molecule is Cc1nc(-c2cccc(CC(C)C)c2)c(C)c(=O)[nH]1. The highest BCUT2D eigenvalue weighted by Gasteiger charge is 2.09. The largest absolute Gasteiger partial charge is 0.311 e. The predicted molar refractivity (Wildman–Crippen MR) is 78.3 cm³/mol. The molecule has 100 valence electrons. The molecule has 0 unspecified atom stereocenters. The van der Waals surface area contributed by atoms with E-state index in [0.29, 0.717) is 17.3 Å². The van der Waals surface area contributed by atoms with Gasteiger partial charge >= 0.3 is 0 Å². The zero-order valence-electron chi connectivity index (χ0n) is 11.9. The van der Waals surface area contributed by atoms with Crippen LogP contribution in [0.3, 0.4) is 0 Å². The van der Waals surface area contributed by atoms with Crippen molar-refractivity contribution < 1.29 is 0 Å². The summed E-state index contributed by atoms with van der Waals surface area (Å²) in [5, 5.41) is 0. The van der Waals surface area contributed by atoms with Crippen LogP contribution in [-0.2, 0) is 6.42 Å². The molecule has 0 radical (unpaired) electrons. The quantitative estimate of drug-likeness (QED) is 0.916. The van der Waals surface area contributed by atoms with Crippen LogP contribution in [0.4, 0.5) is 0 Å². The van der Waals surface area contributed by atoms with E-state index < -0.39 is 0 Å².